The fraction of sp³-hybridized carbons (Fsp3) is 0.217. The second kappa shape index (κ2) is 7.93. The van der Waals surface area contributed by atoms with Gasteiger partial charge in [0.15, 0.2) is 0 Å². The van der Waals surface area contributed by atoms with Gasteiger partial charge in [0.2, 0.25) is 0 Å². The summed E-state index contributed by atoms with van der Waals surface area (Å²) in [5, 5.41) is 20.1. The molecule has 0 radical (unpaired) electrons. The van der Waals surface area contributed by atoms with Gasteiger partial charge in [-0.25, -0.2) is 0 Å². The summed E-state index contributed by atoms with van der Waals surface area (Å²) in [7, 11) is 3.82. The van der Waals surface area contributed by atoms with Crippen LogP contribution < -0.4 is 10.9 Å². The zero-order valence-electron chi connectivity index (χ0n) is 16.9. The molecule has 2 N–H and O–H groups in total. The monoisotopic (exact) mass is 398 g/mol. The standard InChI is InChI=1S/C23H22N6O/c1-28-8-7-17-19(13-28)20(14-29(2)23(17)30)22-12-26-21(11-27-22)18(10-25)16-5-3-15(9-24)4-6-16/h3-6,10-12,14,25-26H,7-8,13H2,1-2H3/b21-18+,25-10?. The third-order valence-corrected chi connectivity index (χ3v) is 5.49. The molecular weight excluding hydrogens is 376 g/mol. The highest BCUT2D eigenvalue weighted by Crippen LogP contribution is 2.27. The number of fused-ring (bicyclic) bond motifs is 1. The Morgan fingerprint density at radius 3 is 2.67 bits per heavy atom. The number of aliphatic imine (C=N–C) groups is 1. The summed E-state index contributed by atoms with van der Waals surface area (Å²) in [6.45, 7) is 1.58. The molecule has 7 heteroatoms. The lowest BCUT2D eigenvalue weighted by Gasteiger charge is -2.27. The Morgan fingerprint density at radius 2 is 2.03 bits per heavy atom. The molecule has 3 heterocycles. The van der Waals surface area contributed by atoms with Crippen molar-refractivity contribution in [3.8, 4) is 6.07 Å². The van der Waals surface area contributed by atoms with E-state index in [1.807, 2.05) is 24.5 Å². The van der Waals surface area contributed by atoms with E-state index in [0.29, 0.717) is 23.4 Å². The number of hydrogen-bond acceptors (Lipinski definition) is 6. The Bertz CT molecular complexity index is 1210. The number of benzene rings is 1. The number of allylic oxidation sites excluding steroid dienone is 2. The molecule has 1 aromatic carbocycles. The van der Waals surface area contributed by atoms with Gasteiger partial charge in [-0.2, -0.15) is 5.26 Å². The summed E-state index contributed by atoms with van der Waals surface area (Å²) < 4.78 is 1.63. The zero-order chi connectivity index (χ0) is 21.3. The number of nitrogens with zero attached hydrogens (tertiary/aromatic N) is 4. The molecule has 7 nitrogen and oxygen atoms in total. The third kappa shape index (κ3) is 3.49. The van der Waals surface area contributed by atoms with Crippen molar-refractivity contribution in [2.75, 3.05) is 13.6 Å². The van der Waals surface area contributed by atoms with Crippen molar-refractivity contribution in [1.82, 2.24) is 14.8 Å². The van der Waals surface area contributed by atoms with Crippen LogP contribution in [0.1, 0.15) is 27.8 Å². The molecule has 0 unspecified atom stereocenters. The predicted molar refractivity (Wildman–Crippen MR) is 118 cm³/mol. The molecule has 2 aliphatic heterocycles. The van der Waals surface area contributed by atoms with Gasteiger partial charge in [-0.1, -0.05) is 12.1 Å². The molecule has 0 aliphatic carbocycles. The quantitative estimate of drug-likeness (QED) is 0.775. The highest BCUT2D eigenvalue weighted by Gasteiger charge is 2.23. The van der Waals surface area contributed by atoms with Gasteiger partial charge >= 0.3 is 0 Å². The highest BCUT2D eigenvalue weighted by molar-refractivity contribution is 6.15. The molecule has 0 bridgehead atoms. The number of hydrogen-bond donors (Lipinski definition) is 2. The molecule has 0 fully saturated rings. The maximum Gasteiger partial charge on any atom is 0.253 e. The lowest BCUT2D eigenvalue weighted by Crippen LogP contribution is -2.34. The van der Waals surface area contributed by atoms with Crippen LogP contribution in [0.3, 0.4) is 0 Å². The average molecular weight is 398 g/mol. The van der Waals surface area contributed by atoms with E-state index in [-0.39, 0.29) is 5.56 Å². The second-order valence-electron chi connectivity index (χ2n) is 7.50. The summed E-state index contributed by atoms with van der Waals surface area (Å²) in [5.41, 5.74) is 6.44. The average Bonchev–Trinajstić information content (AvgIpc) is 2.78. The van der Waals surface area contributed by atoms with Crippen molar-refractivity contribution in [3.63, 3.8) is 0 Å². The van der Waals surface area contributed by atoms with Gasteiger partial charge in [-0.05, 0) is 36.7 Å². The third-order valence-electron chi connectivity index (χ3n) is 5.49. The molecule has 1 aromatic heterocycles. The lowest BCUT2D eigenvalue weighted by atomic mass is 9.95. The summed E-state index contributed by atoms with van der Waals surface area (Å²) >= 11 is 0. The number of nitriles is 1. The minimum absolute atomic E-state index is 0.0580. The van der Waals surface area contributed by atoms with Crippen LogP contribution in [-0.4, -0.2) is 35.5 Å². The normalized spacial score (nSPS) is 17.4. The molecule has 2 aromatic rings. The molecule has 0 spiro atoms. The van der Waals surface area contributed by atoms with E-state index in [2.05, 4.69) is 28.3 Å². The van der Waals surface area contributed by atoms with E-state index < -0.39 is 0 Å². The first-order chi connectivity index (χ1) is 14.5. The van der Waals surface area contributed by atoms with Crippen LogP contribution in [-0.2, 0) is 20.0 Å². The van der Waals surface area contributed by atoms with Crippen molar-refractivity contribution in [3.05, 3.63) is 80.5 Å². The largest absolute Gasteiger partial charge is 0.358 e. The van der Waals surface area contributed by atoms with E-state index in [4.69, 9.17) is 10.7 Å². The fourth-order valence-corrected chi connectivity index (χ4v) is 3.84. The van der Waals surface area contributed by atoms with Gasteiger partial charge in [0.05, 0.1) is 29.2 Å². The van der Waals surface area contributed by atoms with E-state index >= 15 is 0 Å². The molecule has 0 saturated heterocycles. The van der Waals surface area contributed by atoms with Crippen LogP contribution in [0.2, 0.25) is 0 Å². The first-order valence-electron chi connectivity index (χ1n) is 9.68. The molecule has 2 aliphatic rings. The van der Waals surface area contributed by atoms with Crippen molar-refractivity contribution in [2.24, 2.45) is 12.0 Å². The Morgan fingerprint density at radius 1 is 1.27 bits per heavy atom. The van der Waals surface area contributed by atoms with Crippen LogP contribution in [0.5, 0.6) is 0 Å². The second-order valence-corrected chi connectivity index (χ2v) is 7.50. The minimum Gasteiger partial charge on any atom is -0.358 e. The van der Waals surface area contributed by atoms with E-state index in [0.717, 1.165) is 40.9 Å². The van der Waals surface area contributed by atoms with E-state index in [1.54, 1.807) is 30.0 Å². The maximum absolute atomic E-state index is 12.6. The highest BCUT2D eigenvalue weighted by atomic mass is 16.1. The number of pyridine rings is 1. The first-order valence-corrected chi connectivity index (χ1v) is 9.68. The van der Waals surface area contributed by atoms with Gasteiger partial charge in [0.1, 0.15) is 0 Å². The van der Waals surface area contributed by atoms with Crippen molar-refractivity contribution in [2.45, 2.75) is 13.0 Å². The van der Waals surface area contributed by atoms with Gasteiger partial charge < -0.3 is 20.2 Å². The van der Waals surface area contributed by atoms with Gasteiger partial charge in [0.25, 0.3) is 5.56 Å². The van der Waals surface area contributed by atoms with E-state index in [1.165, 1.54) is 6.21 Å². The molecule has 0 saturated carbocycles. The van der Waals surface area contributed by atoms with Crippen molar-refractivity contribution < 1.29 is 0 Å². The van der Waals surface area contributed by atoms with Crippen LogP contribution >= 0.6 is 0 Å². The Labute approximate surface area is 174 Å². The van der Waals surface area contributed by atoms with Gasteiger partial charge in [-0.3, -0.25) is 9.79 Å². The first kappa shape index (κ1) is 19.6. The number of aryl methyl sites for hydroxylation is 1. The summed E-state index contributed by atoms with van der Waals surface area (Å²) in [6.07, 6.45) is 7.38. The van der Waals surface area contributed by atoms with Crippen LogP contribution in [0.25, 0.3) is 11.3 Å². The number of likely N-dealkylation sites (N-methyl/N-ethyl adjacent to an activating group) is 1. The molecule has 0 atom stereocenters. The van der Waals surface area contributed by atoms with Crippen LogP contribution in [0.4, 0.5) is 0 Å². The molecule has 30 heavy (non-hydrogen) atoms. The Hall–Kier alpha value is -3.76. The summed E-state index contributed by atoms with van der Waals surface area (Å²) in [5.74, 6) is 0. The topological polar surface area (TPSA) is 97.3 Å². The lowest BCUT2D eigenvalue weighted by molar-refractivity contribution is 0.310. The maximum atomic E-state index is 12.6. The molecule has 4 rings (SSSR count). The summed E-state index contributed by atoms with van der Waals surface area (Å²) in [4.78, 5) is 19.4. The fourth-order valence-electron chi connectivity index (χ4n) is 3.84. The predicted octanol–water partition coefficient (Wildman–Crippen LogP) is 2.28. The smallest absolute Gasteiger partial charge is 0.253 e. The van der Waals surface area contributed by atoms with Crippen molar-refractivity contribution >= 4 is 23.7 Å². The summed E-state index contributed by atoms with van der Waals surface area (Å²) in [6, 6.07) is 9.20. The SMILES string of the molecule is CN1CCc2c(c(C3=CN/C(=C(\C=N)c4ccc(C#N)cc4)C=N3)cn(C)c2=O)C1. The Balaban J connectivity index is 1.71. The van der Waals surface area contributed by atoms with Gasteiger partial charge in [-0.15, -0.1) is 0 Å². The van der Waals surface area contributed by atoms with Crippen LogP contribution in [0, 0.1) is 16.7 Å². The molecule has 0 amide bonds. The number of nitrogens with one attached hydrogen (secondary N) is 2. The zero-order valence-corrected chi connectivity index (χ0v) is 16.9. The van der Waals surface area contributed by atoms with Gasteiger partial charge in [0, 0.05) is 55.4 Å². The minimum atomic E-state index is 0.0580. The Kier molecular flexibility index (Phi) is 5.17. The van der Waals surface area contributed by atoms with Crippen molar-refractivity contribution in [1.29, 1.82) is 10.7 Å². The number of aromatic nitrogens is 1. The number of rotatable bonds is 3. The van der Waals surface area contributed by atoms with E-state index in [9.17, 15) is 4.79 Å². The molecular formula is C23H22N6O. The molecule has 150 valence electrons. The van der Waals surface area contributed by atoms with Crippen LogP contribution in [0.15, 0.2) is 52.1 Å².